The Labute approximate surface area is 130 Å². The van der Waals surface area contributed by atoms with Crippen LogP contribution in [-0.2, 0) is 4.74 Å². The number of hydrogen-bond donors (Lipinski definition) is 1. The predicted octanol–water partition coefficient (Wildman–Crippen LogP) is 3.94. The summed E-state index contributed by atoms with van der Waals surface area (Å²) in [5.41, 5.74) is -0.412. The smallest absolute Gasteiger partial charge is 0.410 e. The molecule has 0 saturated carbocycles. The summed E-state index contributed by atoms with van der Waals surface area (Å²) in [5.74, 6) is 0. The van der Waals surface area contributed by atoms with Crippen molar-refractivity contribution in [2.75, 3.05) is 13.1 Å². The van der Waals surface area contributed by atoms with E-state index in [9.17, 15) is 4.79 Å². The highest BCUT2D eigenvalue weighted by Crippen LogP contribution is 2.20. The van der Waals surface area contributed by atoms with E-state index in [1.54, 1.807) is 0 Å². The minimum Gasteiger partial charge on any atom is -0.444 e. The van der Waals surface area contributed by atoms with Gasteiger partial charge in [0.15, 0.2) is 0 Å². The number of amides is 1. The van der Waals surface area contributed by atoms with Gasteiger partial charge < -0.3 is 15.0 Å². The molecule has 1 N–H and O–H groups in total. The number of ether oxygens (including phenoxy) is 1. The van der Waals surface area contributed by atoms with E-state index < -0.39 is 5.60 Å². The molecule has 0 radical (unpaired) electrons. The van der Waals surface area contributed by atoms with Gasteiger partial charge >= 0.3 is 6.09 Å². The van der Waals surface area contributed by atoms with E-state index in [1.807, 2.05) is 25.7 Å². The fourth-order valence-electron chi connectivity index (χ4n) is 2.96. The number of nitrogens with zero attached hydrogens (tertiary/aromatic N) is 1. The summed E-state index contributed by atoms with van der Waals surface area (Å²) >= 11 is 0. The molecule has 1 aliphatic rings. The topological polar surface area (TPSA) is 41.6 Å². The molecular weight excluding hydrogens is 264 g/mol. The standard InChI is InChI=1S/C17H34N2O2/c1-6-9-14(10-7-2)18-13-15-11-8-12-19(15)16(20)21-17(3,4)5/h14-15,18H,6-13H2,1-5H3. The highest BCUT2D eigenvalue weighted by Gasteiger charge is 2.32. The van der Waals surface area contributed by atoms with Crippen molar-refractivity contribution < 1.29 is 9.53 Å². The van der Waals surface area contributed by atoms with Crippen molar-refractivity contribution in [2.24, 2.45) is 0 Å². The van der Waals surface area contributed by atoms with Gasteiger partial charge in [-0.3, -0.25) is 0 Å². The van der Waals surface area contributed by atoms with Gasteiger partial charge in [-0.25, -0.2) is 4.79 Å². The van der Waals surface area contributed by atoms with Crippen LogP contribution in [0.25, 0.3) is 0 Å². The number of carbonyl (C=O) groups excluding carboxylic acids is 1. The highest BCUT2D eigenvalue weighted by atomic mass is 16.6. The zero-order chi connectivity index (χ0) is 15.9. The molecule has 124 valence electrons. The number of rotatable bonds is 7. The Kier molecular flexibility index (Phi) is 7.50. The summed E-state index contributed by atoms with van der Waals surface area (Å²) in [4.78, 5) is 14.2. The predicted molar refractivity (Wildman–Crippen MR) is 87.6 cm³/mol. The molecule has 1 saturated heterocycles. The molecule has 0 spiro atoms. The van der Waals surface area contributed by atoms with Gasteiger partial charge in [0.1, 0.15) is 5.60 Å². The number of hydrogen-bond acceptors (Lipinski definition) is 3. The molecule has 0 aromatic heterocycles. The first-order chi connectivity index (χ1) is 9.87. The Hall–Kier alpha value is -0.770. The van der Waals surface area contributed by atoms with Crippen molar-refractivity contribution in [1.82, 2.24) is 10.2 Å². The average Bonchev–Trinajstić information content (AvgIpc) is 2.83. The molecule has 1 unspecified atom stereocenters. The minimum absolute atomic E-state index is 0.158. The SMILES string of the molecule is CCCC(CCC)NCC1CCCN1C(=O)OC(C)(C)C. The summed E-state index contributed by atoms with van der Waals surface area (Å²) in [6.07, 6.45) is 6.85. The second kappa shape index (κ2) is 8.62. The van der Waals surface area contributed by atoms with Gasteiger partial charge in [-0.05, 0) is 46.5 Å². The second-order valence-electron chi connectivity index (χ2n) is 7.15. The lowest BCUT2D eigenvalue weighted by molar-refractivity contribution is 0.0224. The molecular formula is C17H34N2O2. The van der Waals surface area contributed by atoms with Crippen LogP contribution < -0.4 is 5.32 Å². The molecule has 21 heavy (non-hydrogen) atoms. The van der Waals surface area contributed by atoms with E-state index in [0.717, 1.165) is 25.9 Å². The molecule has 0 aromatic rings. The summed E-state index contributed by atoms with van der Waals surface area (Å²) in [6.45, 7) is 11.9. The van der Waals surface area contributed by atoms with Crippen molar-refractivity contribution in [3.8, 4) is 0 Å². The third-order valence-corrected chi connectivity index (χ3v) is 3.92. The van der Waals surface area contributed by atoms with Gasteiger partial charge in [0.05, 0.1) is 0 Å². The summed E-state index contributed by atoms with van der Waals surface area (Å²) in [7, 11) is 0. The van der Waals surface area contributed by atoms with E-state index in [2.05, 4.69) is 19.2 Å². The monoisotopic (exact) mass is 298 g/mol. The van der Waals surface area contributed by atoms with Crippen LogP contribution in [0.1, 0.15) is 73.1 Å². The summed E-state index contributed by atoms with van der Waals surface area (Å²) in [5, 5.41) is 3.66. The lowest BCUT2D eigenvalue weighted by Crippen LogP contribution is -2.46. The Bertz CT molecular complexity index is 306. The van der Waals surface area contributed by atoms with Gasteiger partial charge in [0.25, 0.3) is 0 Å². The molecule has 1 rings (SSSR count). The first-order valence-electron chi connectivity index (χ1n) is 8.60. The first-order valence-corrected chi connectivity index (χ1v) is 8.60. The fraction of sp³-hybridized carbons (Fsp3) is 0.941. The van der Waals surface area contributed by atoms with Crippen LogP contribution in [0.3, 0.4) is 0 Å². The third-order valence-electron chi connectivity index (χ3n) is 3.92. The average molecular weight is 298 g/mol. The zero-order valence-corrected chi connectivity index (χ0v) is 14.6. The van der Waals surface area contributed by atoms with Gasteiger partial charge in [0.2, 0.25) is 0 Å². The Morgan fingerprint density at radius 1 is 1.29 bits per heavy atom. The molecule has 0 aliphatic carbocycles. The Morgan fingerprint density at radius 2 is 1.90 bits per heavy atom. The van der Waals surface area contributed by atoms with E-state index in [-0.39, 0.29) is 12.1 Å². The maximum absolute atomic E-state index is 12.2. The van der Waals surface area contributed by atoms with E-state index in [1.165, 1.54) is 25.7 Å². The highest BCUT2D eigenvalue weighted by molar-refractivity contribution is 5.69. The van der Waals surface area contributed by atoms with Crippen molar-refractivity contribution in [2.45, 2.75) is 90.8 Å². The lowest BCUT2D eigenvalue weighted by Gasteiger charge is -2.30. The maximum atomic E-state index is 12.2. The molecule has 1 heterocycles. The van der Waals surface area contributed by atoms with E-state index >= 15 is 0 Å². The van der Waals surface area contributed by atoms with Crippen LogP contribution in [0.2, 0.25) is 0 Å². The number of nitrogens with one attached hydrogen (secondary N) is 1. The van der Waals surface area contributed by atoms with Gasteiger partial charge in [-0.1, -0.05) is 26.7 Å². The van der Waals surface area contributed by atoms with E-state index in [0.29, 0.717) is 6.04 Å². The minimum atomic E-state index is -0.412. The normalized spacial score (nSPS) is 19.3. The van der Waals surface area contributed by atoms with Crippen LogP contribution in [0.5, 0.6) is 0 Å². The molecule has 1 aliphatic heterocycles. The molecule has 1 amide bonds. The lowest BCUT2D eigenvalue weighted by atomic mass is 10.1. The summed E-state index contributed by atoms with van der Waals surface area (Å²) in [6, 6.07) is 0.872. The number of carbonyl (C=O) groups is 1. The number of likely N-dealkylation sites (tertiary alicyclic amines) is 1. The molecule has 4 heteroatoms. The van der Waals surface area contributed by atoms with Gasteiger partial charge in [-0.2, -0.15) is 0 Å². The van der Waals surface area contributed by atoms with Gasteiger partial charge in [0, 0.05) is 25.2 Å². The Morgan fingerprint density at radius 3 is 2.43 bits per heavy atom. The molecule has 0 aromatic carbocycles. The molecule has 0 bridgehead atoms. The molecule has 1 atom stereocenters. The largest absolute Gasteiger partial charge is 0.444 e. The van der Waals surface area contributed by atoms with Crippen LogP contribution >= 0.6 is 0 Å². The third kappa shape index (κ3) is 6.68. The van der Waals surface area contributed by atoms with Crippen LogP contribution in [-0.4, -0.2) is 41.8 Å². The first kappa shape index (κ1) is 18.3. The molecule has 4 nitrogen and oxygen atoms in total. The Balaban J connectivity index is 2.47. The van der Waals surface area contributed by atoms with Crippen LogP contribution in [0.15, 0.2) is 0 Å². The van der Waals surface area contributed by atoms with Crippen molar-refractivity contribution in [3.63, 3.8) is 0 Å². The van der Waals surface area contributed by atoms with Gasteiger partial charge in [-0.15, -0.1) is 0 Å². The van der Waals surface area contributed by atoms with Crippen LogP contribution in [0.4, 0.5) is 4.79 Å². The molecule has 1 fully saturated rings. The van der Waals surface area contributed by atoms with Crippen molar-refractivity contribution in [1.29, 1.82) is 0 Å². The maximum Gasteiger partial charge on any atom is 0.410 e. The van der Waals surface area contributed by atoms with Crippen molar-refractivity contribution in [3.05, 3.63) is 0 Å². The van der Waals surface area contributed by atoms with E-state index in [4.69, 9.17) is 4.74 Å². The summed E-state index contributed by atoms with van der Waals surface area (Å²) < 4.78 is 5.51. The quantitative estimate of drug-likeness (QED) is 0.774. The second-order valence-corrected chi connectivity index (χ2v) is 7.15. The zero-order valence-electron chi connectivity index (χ0n) is 14.6. The fourth-order valence-corrected chi connectivity index (χ4v) is 2.96. The van der Waals surface area contributed by atoms with Crippen molar-refractivity contribution >= 4 is 6.09 Å². The van der Waals surface area contributed by atoms with Crippen LogP contribution in [0, 0.1) is 0 Å².